The number of anilines is 1. The van der Waals surface area contributed by atoms with Gasteiger partial charge in [-0.3, -0.25) is 14.4 Å². The highest BCUT2D eigenvalue weighted by atomic mass is 16.5. The second-order valence-corrected chi connectivity index (χ2v) is 7.87. The van der Waals surface area contributed by atoms with E-state index < -0.39 is 11.4 Å². The van der Waals surface area contributed by atoms with Crippen LogP contribution in [0.2, 0.25) is 0 Å². The number of carbonyl (C=O) groups is 3. The minimum Gasteiger partial charge on any atom is -0.494 e. The lowest BCUT2D eigenvalue weighted by Crippen LogP contribution is -2.27. The fourth-order valence-corrected chi connectivity index (χ4v) is 2.41. The van der Waals surface area contributed by atoms with Crippen LogP contribution in [0, 0.1) is 5.41 Å². The molecule has 0 atom stereocenters. The number of nitrogens with one attached hydrogen (secondary N) is 1. The maximum Gasteiger partial charge on any atom is 0.309 e. The maximum atomic E-state index is 12.2. The van der Waals surface area contributed by atoms with Gasteiger partial charge < -0.3 is 19.5 Å². The van der Waals surface area contributed by atoms with Crippen molar-refractivity contribution in [1.29, 1.82) is 0 Å². The SMILES string of the molecule is CCOc1ccc(OCCC(=O)OCC(=O)c2ccc(NC(=O)C(C)(C)C)cc2)cc1. The van der Waals surface area contributed by atoms with Crippen LogP contribution in [-0.4, -0.2) is 37.5 Å². The van der Waals surface area contributed by atoms with Crippen molar-refractivity contribution in [3.63, 3.8) is 0 Å². The summed E-state index contributed by atoms with van der Waals surface area (Å²) >= 11 is 0. The Bertz CT molecular complexity index is 882. The fraction of sp³-hybridized carbons (Fsp3) is 0.375. The lowest BCUT2D eigenvalue weighted by Gasteiger charge is -2.17. The van der Waals surface area contributed by atoms with E-state index in [0.717, 1.165) is 5.75 Å². The molecule has 0 aliphatic heterocycles. The van der Waals surface area contributed by atoms with Crippen LogP contribution in [0.4, 0.5) is 5.69 Å². The molecule has 1 N–H and O–H groups in total. The standard InChI is InChI=1S/C24H29NO6/c1-5-29-19-10-12-20(13-11-19)30-15-14-22(27)31-16-21(26)17-6-8-18(9-7-17)25-23(28)24(2,3)4/h6-13H,5,14-16H2,1-4H3,(H,25,28). The Kier molecular flexibility index (Phi) is 8.61. The molecular weight excluding hydrogens is 398 g/mol. The van der Waals surface area contributed by atoms with Gasteiger partial charge >= 0.3 is 5.97 Å². The number of Topliss-reactive ketones (excluding diaryl/α,β-unsaturated/α-hetero) is 1. The maximum absolute atomic E-state index is 12.2. The van der Waals surface area contributed by atoms with Gasteiger partial charge in [0.05, 0.1) is 19.6 Å². The van der Waals surface area contributed by atoms with Crippen molar-refractivity contribution in [3.8, 4) is 11.5 Å². The second-order valence-electron chi connectivity index (χ2n) is 7.87. The predicted molar refractivity (Wildman–Crippen MR) is 118 cm³/mol. The largest absolute Gasteiger partial charge is 0.494 e. The quantitative estimate of drug-likeness (QED) is 0.450. The van der Waals surface area contributed by atoms with Gasteiger partial charge in [-0.25, -0.2) is 0 Å². The lowest BCUT2D eigenvalue weighted by molar-refractivity contribution is -0.143. The highest BCUT2D eigenvalue weighted by molar-refractivity contribution is 5.99. The molecule has 0 spiro atoms. The summed E-state index contributed by atoms with van der Waals surface area (Å²) in [6.45, 7) is 7.73. The summed E-state index contributed by atoms with van der Waals surface area (Å²) in [4.78, 5) is 36.1. The fourth-order valence-electron chi connectivity index (χ4n) is 2.41. The summed E-state index contributed by atoms with van der Waals surface area (Å²) in [6, 6.07) is 13.5. The molecule has 0 bridgehead atoms. The zero-order chi connectivity index (χ0) is 22.9. The van der Waals surface area contributed by atoms with Crippen LogP contribution >= 0.6 is 0 Å². The van der Waals surface area contributed by atoms with Crippen LogP contribution in [0.15, 0.2) is 48.5 Å². The zero-order valence-electron chi connectivity index (χ0n) is 18.4. The third-order valence-electron chi connectivity index (χ3n) is 4.22. The average molecular weight is 427 g/mol. The molecule has 0 fully saturated rings. The van der Waals surface area contributed by atoms with Gasteiger partial charge in [0.1, 0.15) is 11.5 Å². The van der Waals surface area contributed by atoms with E-state index >= 15 is 0 Å². The number of ketones is 1. The second kappa shape index (κ2) is 11.2. The Hall–Kier alpha value is -3.35. The Morgan fingerprint density at radius 3 is 2.00 bits per heavy atom. The summed E-state index contributed by atoms with van der Waals surface area (Å²) < 4.78 is 15.9. The first-order valence-electron chi connectivity index (χ1n) is 10.1. The molecule has 0 aliphatic rings. The minimum absolute atomic E-state index is 0.0261. The molecule has 166 valence electrons. The number of ether oxygens (including phenoxy) is 3. The van der Waals surface area contributed by atoms with E-state index in [4.69, 9.17) is 14.2 Å². The Labute approximate surface area is 182 Å². The van der Waals surface area contributed by atoms with Gasteiger partial charge in [-0.05, 0) is 55.5 Å². The van der Waals surface area contributed by atoms with Crippen LogP contribution in [0.1, 0.15) is 44.5 Å². The molecule has 0 unspecified atom stereocenters. The van der Waals surface area contributed by atoms with Crippen LogP contribution in [0.3, 0.4) is 0 Å². The van der Waals surface area contributed by atoms with Crippen molar-refractivity contribution in [1.82, 2.24) is 0 Å². The van der Waals surface area contributed by atoms with Gasteiger partial charge in [-0.15, -0.1) is 0 Å². The van der Waals surface area contributed by atoms with E-state index in [1.807, 2.05) is 27.7 Å². The molecule has 0 heterocycles. The van der Waals surface area contributed by atoms with E-state index in [2.05, 4.69) is 5.32 Å². The summed E-state index contributed by atoms with van der Waals surface area (Å²) in [5.41, 5.74) is 0.478. The van der Waals surface area contributed by atoms with E-state index in [9.17, 15) is 14.4 Å². The minimum atomic E-state index is -0.520. The van der Waals surface area contributed by atoms with E-state index in [0.29, 0.717) is 23.6 Å². The van der Waals surface area contributed by atoms with Crippen molar-refractivity contribution in [2.24, 2.45) is 5.41 Å². The molecular formula is C24H29NO6. The number of rotatable bonds is 10. The third-order valence-corrected chi connectivity index (χ3v) is 4.22. The van der Waals surface area contributed by atoms with Gasteiger partial charge in [-0.2, -0.15) is 0 Å². The van der Waals surface area contributed by atoms with Crippen LogP contribution in [-0.2, 0) is 14.3 Å². The molecule has 2 rings (SSSR count). The monoisotopic (exact) mass is 427 g/mol. The van der Waals surface area contributed by atoms with E-state index in [1.165, 1.54) is 0 Å². The van der Waals surface area contributed by atoms with E-state index in [-0.39, 0.29) is 31.3 Å². The van der Waals surface area contributed by atoms with Crippen molar-refractivity contribution < 1.29 is 28.6 Å². The van der Waals surface area contributed by atoms with Crippen molar-refractivity contribution >= 4 is 23.3 Å². The highest BCUT2D eigenvalue weighted by Gasteiger charge is 2.21. The number of hydrogen-bond acceptors (Lipinski definition) is 6. The van der Waals surface area contributed by atoms with Crippen LogP contribution in [0.5, 0.6) is 11.5 Å². The summed E-state index contributed by atoms with van der Waals surface area (Å²) in [6.07, 6.45) is 0.0261. The normalized spacial score (nSPS) is 10.8. The number of benzene rings is 2. The molecule has 7 heteroatoms. The van der Waals surface area contributed by atoms with Crippen molar-refractivity contribution in [2.45, 2.75) is 34.1 Å². The Morgan fingerprint density at radius 1 is 0.871 bits per heavy atom. The van der Waals surface area contributed by atoms with E-state index in [1.54, 1.807) is 48.5 Å². The Morgan fingerprint density at radius 2 is 1.45 bits per heavy atom. The molecule has 0 radical (unpaired) electrons. The summed E-state index contributed by atoms with van der Waals surface area (Å²) in [5.74, 6) is 0.402. The first-order chi connectivity index (χ1) is 14.7. The third kappa shape index (κ3) is 8.12. The summed E-state index contributed by atoms with van der Waals surface area (Å²) in [7, 11) is 0. The molecule has 2 aromatic carbocycles. The first-order valence-corrected chi connectivity index (χ1v) is 10.1. The number of carbonyl (C=O) groups excluding carboxylic acids is 3. The van der Waals surface area contributed by atoms with Crippen molar-refractivity contribution in [3.05, 3.63) is 54.1 Å². The van der Waals surface area contributed by atoms with Crippen molar-refractivity contribution in [2.75, 3.05) is 25.1 Å². The molecule has 7 nitrogen and oxygen atoms in total. The topological polar surface area (TPSA) is 90.9 Å². The molecule has 31 heavy (non-hydrogen) atoms. The lowest BCUT2D eigenvalue weighted by atomic mass is 9.95. The number of hydrogen-bond donors (Lipinski definition) is 1. The van der Waals surface area contributed by atoms with Gasteiger partial charge in [0, 0.05) is 16.7 Å². The molecule has 1 amide bonds. The van der Waals surface area contributed by atoms with Crippen LogP contribution in [0.25, 0.3) is 0 Å². The Balaban J connectivity index is 1.72. The molecule has 0 aromatic heterocycles. The summed E-state index contributed by atoms with van der Waals surface area (Å²) in [5, 5.41) is 2.79. The molecule has 0 aliphatic carbocycles. The average Bonchev–Trinajstić information content (AvgIpc) is 2.73. The van der Waals surface area contributed by atoms with Gasteiger partial charge in [0.25, 0.3) is 0 Å². The number of esters is 1. The highest BCUT2D eigenvalue weighted by Crippen LogP contribution is 2.19. The smallest absolute Gasteiger partial charge is 0.309 e. The van der Waals surface area contributed by atoms with Gasteiger partial charge in [-0.1, -0.05) is 20.8 Å². The van der Waals surface area contributed by atoms with Crippen LogP contribution < -0.4 is 14.8 Å². The van der Waals surface area contributed by atoms with Gasteiger partial charge in [0.15, 0.2) is 12.4 Å². The number of amides is 1. The molecule has 0 saturated carbocycles. The van der Waals surface area contributed by atoms with Gasteiger partial charge in [0.2, 0.25) is 5.91 Å². The zero-order valence-corrected chi connectivity index (χ0v) is 18.4. The molecule has 0 saturated heterocycles. The first kappa shape index (κ1) is 23.9. The predicted octanol–water partition coefficient (Wildman–Crippen LogP) is 4.26. The molecule has 2 aromatic rings.